The van der Waals surface area contributed by atoms with Crippen LogP contribution in [0.4, 0.5) is 0 Å². The van der Waals surface area contributed by atoms with Gasteiger partial charge in [0, 0.05) is 0 Å². The molecule has 86 valence electrons. The molecule has 1 atom stereocenters. The van der Waals surface area contributed by atoms with Crippen molar-refractivity contribution >= 4 is 12.4 Å². The highest BCUT2D eigenvalue weighted by molar-refractivity contribution is 5.85. The lowest BCUT2D eigenvalue weighted by Gasteiger charge is -2.29. The summed E-state index contributed by atoms with van der Waals surface area (Å²) in [5.41, 5.74) is 6.17. The van der Waals surface area contributed by atoms with Crippen molar-refractivity contribution < 1.29 is 4.42 Å². The third-order valence-corrected chi connectivity index (χ3v) is 3.44. The molecule has 1 fully saturated rings. The lowest BCUT2D eigenvalue weighted by Crippen LogP contribution is -2.25. The van der Waals surface area contributed by atoms with Crippen LogP contribution in [0.3, 0.4) is 0 Å². The molecule has 1 aromatic heterocycles. The Hall–Kier alpha value is -0.470. The predicted octanol–water partition coefficient (Wildman–Crippen LogP) is 3.53. The first kappa shape index (κ1) is 12.6. The quantitative estimate of drug-likeness (QED) is 0.843. The normalized spacial score (nSPS) is 28.1. The van der Waals surface area contributed by atoms with E-state index in [4.69, 9.17) is 10.2 Å². The van der Waals surface area contributed by atoms with E-state index in [1.165, 1.54) is 25.7 Å². The second-order valence-corrected chi connectivity index (χ2v) is 4.56. The minimum atomic E-state index is 0. The van der Waals surface area contributed by atoms with Crippen molar-refractivity contribution in [1.82, 2.24) is 0 Å². The maximum atomic E-state index is 6.17. The van der Waals surface area contributed by atoms with Crippen LogP contribution in [0.15, 0.2) is 22.8 Å². The summed E-state index contributed by atoms with van der Waals surface area (Å²) < 4.78 is 5.35. The van der Waals surface area contributed by atoms with Gasteiger partial charge in [-0.1, -0.05) is 19.8 Å². The predicted molar refractivity (Wildman–Crippen MR) is 64.0 cm³/mol. The van der Waals surface area contributed by atoms with Crippen LogP contribution in [-0.4, -0.2) is 0 Å². The van der Waals surface area contributed by atoms with Gasteiger partial charge in [0.25, 0.3) is 0 Å². The van der Waals surface area contributed by atoms with Crippen molar-refractivity contribution in [3.8, 4) is 0 Å². The number of hydrogen-bond donors (Lipinski definition) is 1. The monoisotopic (exact) mass is 229 g/mol. The van der Waals surface area contributed by atoms with Gasteiger partial charge in [-0.05, 0) is 36.8 Å². The summed E-state index contributed by atoms with van der Waals surface area (Å²) in [4.78, 5) is 0. The van der Waals surface area contributed by atoms with Crippen LogP contribution >= 0.6 is 12.4 Å². The van der Waals surface area contributed by atoms with Gasteiger partial charge in [-0.15, -0.1) is 12.4 Å². The first-order chi connectivity index (χ1) is 6.77. The number of hydrogen-bond acceptors (Lipinski definition) is 2. The van der Waals surface area contributed by atoms with E-state index in [0.717, 1.165) is 11.7 Å². The topological polar surface area (TPSA) is 39.2 Å². The largest absolute Gasteiger partial charge is 0.468 e. The summed E-state index contributed by atoms with van der Waals surface area (Å²) in [7, 11) is 0. The molecule has 15 heavy (non-hydrogen) atoms. The molecule has 0 aromatic carbocycles. The fourth-order valence-corrected chi connectivity index (χ4v) is 2.36. The van der Waals surface area contributed by atoms with E-state index in [1.54, 1.807) is 6.26 Å². The van der Waals surface area contributed by atoms with Gasteiger partial charge in [-0.3, -0.25) is 0 Å². The summed E-state index contributed by atoms with van der Waals surface area (Å²) in [5, 5.41) is 0. The summed E-state index contributed by atoms with van der Waals surface area (Å²) in [6, 6.07) is 4.01. The second kappa shape index (κ2) is 5.57. The molecule has 1 heterocycles. The Balaban J connectivity index is 0.00000112. The number of rotatable bonds is 2. The Labute approximate surface area is 97.6 Å². The fraction of sp³-hybridized carbons (Fsp3) is 0.667. The summed E-state index contributed by atoms with van der Waals surface area (Å²) in [6.45, 7) is 2.33. The van der Waals surface area contributed by atoms with E-state index in [1.807, 2.05) is 12.1 Å². The van der Waals surface area contributed by atoms with Crippen LogP contribution < -0.4 is 5.73 Å². The molecule has 1 aliphatic rings. The highest BCUT2D eigenvalue weighted by atomic mass is 35.5. The minimum absolute atomic E-state index is 0. The number of nitrogens with two attached hydrogens (primary N) is 1. The van der Waals surface area contributed by atoms with Crippen LogP contribution in [0.5, 0.6) is 0 Å². The van der Waals surface area contributed by atoms with Crippen molar-refractivity contribution in [2.75, 3.05) is 0 Å². The molecule has 2 rings (SSSR count). The summed E-state index contributed by atoms with van der Waals surface area (Å²) >= 11 is 0. The molecular weight excluding hydrogens is 210 g/mol. The van der Waals surface area contributed by atoms with Crippen LogP contribution in [-0.2, 0) is 0 Å². The Morgan fingerprint density at radius 3 is 2.53 bits per heavy atom. The molecular formula is C12H20ClNO. The van der Waals surface area contributed by atoms with Gasteiger partial charge in [0.2, 0.25) is 0 Å². The van der Waals surface area contributed by atoms with Gasteiger partial charge in [0.1, 0.15) is 5.76 Å². The average molecular weight is 230 g/mol. The SMILES string of the molecule is CC1CCC(C(N)c2ccco2)CC1.Cl. The van der Waals surface area contributed by atoms with Gasteiger partial charge >= 0.3 is 0 Å². The van der Waals surface area contributed by atoms with Crippen LogP contribution in [0.25, 0.3) is 0 Å². The van der Waals surface area contributed by atoms with E-state index >= 15 is 0 Å². The zero-order valence-corrected chi connectivity index (χ0v) is 10.0. The number of furan rings is 1. The maximum absolute atomic E-state index is 6.17. The van der Waals surface area contributed by atoms with E-state index in [9.17, 15) is 0 Å². The van der Waals surface area contributed by atoms with Crippen molar-refractivity contribution in [1.29, 1.82) is 0 Å². The minimum Gasteiger partial charge on any atom is -0.468 e. The van der Waals surface area contributed by atoms with Gasteiger partial charge in [0.05, 0.1) is 12.3 Å². The van der Waals surface area contributed by atoms with E-state index in [0.29, 0.717) is 5.92 Å². The average Bonchev–Trinajstić information content (AvgIpc) is 2.71. The highest BCUT2D eigenvalue weighted by Crippen LogP contribution is 2.35. The van der Waals surface area contributed by atoms with Crippen LogP contribution in [0.1, 0.15) is 44.4 Å². The van der Waals surface area contributed by atoms with E-state index in [2.05, 4.69) is 6.92 Å². The molecule has 0 aliphatic heterocycles. The van der Waals surface area contributed by atoms with Crippen molar-refractivity contribution in [2.24, 2.45) is 17.6 Å². The molecule has 0 saturated heterocycles. The maximum Gasteiger partial charge on any atom is 0.120 e. The molecule has 2 N–H and O–H groups in total. The van der Waals surface area contributed by atoms with E-state index < -0.39 is 0 Å². The van der Waals surface area contributed by atoms with Crippen LogP contribution in [0, 0.1) is 11.8 Å². The second-order valence-electron chi connectivity index (χ2n) is 4.56. The van der Waals surface area contributed by atoms with Crippen molar-refractivity contribution in [2.45, 2.75) is 38.6 Å². The van der Waals surface area contributed by atoms with Gasteiger partial charge < -0.3 is 10.2 Å². The molecule has 0 amide bonds. The molecule has 2 nitrogen and oxygen atoms in total. The highest BCUT2D eigenvalue weighted by Gasteiger charge is 2.25. The molecule has 0 spiro atoms. The van der Waals surface area contributed by atoms with Crippen molar-refractivity contribution in [3.63, 3.8) is 0 Å². The third kappa shape index (κ3) is 2.99. The summed E-state index contributed by atoms with van der Waals surface area (Å²) in [5.74, 6) is 2.46. The first-order valence-corrected chi connectivity index (χ1v) is 5.56. The molecule has 1 aliphatic carbocycles. The van der Waals surface area contributed by atoms with Crippen molar-refractivity contribution in [3.05, 3.63) is 24.2 Å². The molecule has 1 aromatic rings. The van der Waals surface area contributed by atoms with E-state index in [-0.39, 0.29) is 18.4 Å². The van der Waals surface area contributed by atoms with Gasteiger partial charge in [0.15, 0.2) is 0 Å². The smallest absolute Gasteiger partial charge is 0.120 e. The Kier molecular flexibility index (Phi) is 4.68. The lowest BCUT2D eigenvalue weighted by molar-refractivity contribution is 0.239. The molecule has 0 bridgehead atoms. The first-order valence-electron chi connectivity index (χ1n) is 5.56. The fourth-order valence-electron chi connectivity index (χ4n) is 2.36. The van der Waals surface area contributed by atoms with Gasteiger partial charge in [-0.2, -0.15) is 0 Å². The molecule has 1 unspecified atom stereocenters. The molecule has 0 radical (unpaired) electrons. The Morgan fingerprint density at radius 2 is 2.00 bits per heavy atom. The van der Waals surface area contributed by atoms with Gasteiger partial charge in [-0.25, -0.2) is 0 Å². The zero-order valence-electron chi connectivity index (χ0n) is 9.19. The Bertz CT molecular complexity index is 265. The third-order valence-electron chi connectivity index (χ3n) is 3.44. The lowest BCUT2D eigenvalue weighted by atomic mass is 9.79. The Morgan fingerprint density at radius 1 is 1.33 bits per heavy atom. The molecule has 3 heteroatoms. The number of halogens is 1. The van der Waals surface area contributed by atoms with Crippen LogP contribution in [0.2, 0.25) is 0 Å². The standard InChI is InChI=1S/C12H19NO.ClH/c1-9-4-6-10(7-5-9)12(13)11-3-2-8-14-11;/h2-3,8-10,12H,4-7,13H2,1H3;1H. The molecule has 1 saturated carbocycles. The zero-order chi connectivity index (χ0) is 9.97. The summed E-state index contributed by atoms with van der Waals surface area (Å²) in [6.07, 6.45) is 6.85.